The molecule has 0 bridgehead atoms. The van der Waals surface area contributed by atoms with Crippen LogP contribution in [0.25, 0.3) is 43.4 Å². The minimum Gasteiger partial charge on any atom is -0.340 e. The molecule has 0 N–H and O–H groups in total. The first-order valence-corrected chi connectivity index (χ1v) is 16.6. The molecule has 0 spiro atoms. The maximum absolute atomic E-state index is 10.6. The van der Waals surface area contributed by atoms with E-state index in [1.165, 1.54) is 60.4 Å². The Bertz CT molecular complexity index is 2540. The molecule has 0 radical (unpaired) electrons. The van der Waals surface area contributed by atoms with Crippen molar-refractivity contribution in [2.75, 3.05) is 16.3 Å². The minimum atomic E-state index is 0.635. The summed E-state index contributed by atoms with van der Waals surface area (Å²) in [6.07, 6.45) is 1.05. The van der Waals surface area contributed by atoms with Crippen LogP contribution in [0.1, 0.15) is 22.3 Å². The normalized spacial score (nSPS) is 12.6. The summed E-state index contributed by atoms with van der Waals surface area (Å²) in [6, 6.07) is 52.7. The van der Waals surface area contributed by atoms with E-state index in [9.17, 15) is 5.26 Å². The van der Waals surface area contributed by atoms with E-state index in [1.54, 1.807) is 0 Å². The highest BCUT2D eigenvalue weighted by Crippen LogP contribution is 2.48. The van der Waals surface area contributed by atoms with E-state index in [0.29, 0.717) is 5.56 Å². The van der Waals surface area contributed by atoms with Gasteiger partial charge in [-0.25, -0.2) is 0 Å². The summed E-state index contributed by atoms with van der Waals surface area (Å²) in [4.78, 5) is 4.77. The van der Waals surface area contributed by atoms with Gasteiger partial charge in [-0.1, -0.05) is 97.1 Å². The lowest BCUT2D eigenvalue weighted by molar-refractivity contribution is 1.00. The maximum Gasteiger partial charge on any atom is 0.101 e. The Morgan fingerprint density at radius 3 is 2.04 bits per heavy atom. The van der Waals surface area contributed by atoms with E-state index in [1.807, 2.05) is 24.3 Å². The lowest BCUT2D eigenvalue weighted by atomic mass is 9.91. The van der Waals surface area contributed by atoms with Crippen LogP contribution in [0.5, 0.6) is 0 Å². The van der Waals surface area contributed by atoms with E-state index < -0.39 is 0 Å². The summed E-state index contributed by atoms with van der Waals surface area (Å²) < 4.78 is 0. The number of hydrogen-bond acceptors (Lipinski definition) is 3. The SMILES string of the molecule is Cc1cc(C)cc(N(c2ccc(-c3ccccc3)cc2C#N)c2ccc3ccc4c(N5CCc6ccccc65)ccc5ccc2c3c54)c1. The number of nitriles is 1. The van der Waals surface area contributed by atoms with Crippen molar-refractivity contribution in [3.05, 3.63) is 162 Å². The molecule has 9 rings (SSSR count). The second-order valence-electron chi connectivity index (χ2n) is 13.0. The van der Waals surface area contributed by atoms with Gasteiger partial charge in [-0.15, -0.1) is 0 Å². The van der Waals surface area contributed by atoms with E-state index in [0.717, 1.165) is 41.2 Å². The van der Waals surface area contributed by atoms with Gasteiger partial charge in [0.05, 0.1) is 16.9 Å². The van der Waals surface area contributed by atoms with Crippen molar-refractivity contribution in [1.82, 2.24) is 0 Å². The van der Waals surface area contributed by atoms with E-state index in [-0.39, 0.29) is 0 Å². The summed E-state index contributed by atoms with van der Waals surface area (Å²) in [6.45, 7) is 5.26. The van der Waals surface area contributed by atoms with Crippen LogP contribution in [0.15, 0.2) is 140 Å². The van der Waals surface area contributed by atoms with Crippen molar-refractivity contribution in [3.63, 3.8) is 0 Å². The molecule has 3 heteroatoms. The van der Waals surface area contributed by atoms with Crippen LogP contribution in [0.4, 0.5) is 28.4 Å². The Kier molecular flexibility index (Phi) is 6.45. The van der Waals surface area contributed by atoms with Crippen LogP contribution in [-0.2, 0) is 6.42 Å². The van der Waals surface area contributed by atoms with Crippen molar-refractivity contribution in [2.24, 2.45) is 0 Å². The fraction of sp³-hybridized carbons (Fsp3) is 0.0889. The average molecular weight is 616 g/mol. The second kappa shape index (κ2) is 11.0. The molecule has 8 aromatic carbocycles. The van der Waals surface area contributed by atoms with E-state index in [2.05, 4.69) is 145 Å². The number of fused-ring (bicyclic) bond motifs is 1. The van der Waals surface area contributed by atoms with Crippen molar-refractivity contribution < 1.29 is 0 Å². The summed E-state index contributed by atoms with van der Waals surface area (Å²) >= 11 is 0. The molecule has 1 aliphatic heterocycles. The molecule has 0 aromatic heterocycles. The molecule has 1 heterocycles. The lowest BCUT2D eigenvalue weighted by Gasteiger charge is -2.29. The fourth-order valence-electron chi connectivity index (χ4n) is 7.91. The highest BCUT2D eigenvalue weighted by molar-refractivity contribution is 6.28. The van der Waals surface area contributed by atoms with Gasteiger partial charge in [0, 0.05) is 34.4 Å². The van der Waals surface area contributed by atoms with Crippen molar-refractivity contribution in [2.45, 2.75) is 20.3 Å². The zero-order valence-corrected chi connectivity index (χ0v) is 27.0. The predicted molar refractivity (Wildman–Crippen MR) is 202 cm³/mol. The Morgan fingerprint density at radius 1 is 0.583 bits per heavy atom. The van der Waals surface area contributed by atoms with Gasteiger partial charge < -0.3 is 9.80 Å². The first-order valence-electron chi connectivity index (χ1n) is 16.6. The summed E-state index contributed by atoms with van der Waals surface area (Å²) in [5, 5.41) is 18.0. The molecule has 0 aliphatic carbocycles. The molecule has 3 nitrogen and oxygen atoms in total. The molecular weight excluding hydrogens is 583 g/mol. The van der Waals surface area contributed by atoms with E-state index in [4.69, 9.17) is 0 Å². The van der Waals surface area contributed by atoms with Gasteiger partial charge in [-0.2, -0.15) is 5.26 Å². The van der Waals surface area contributed by atoms with Crippen molar-refractivity contribution >= 4 is 60.8 Å². The van der Waals surface area contributed by atoms with Crippen LogP contribution in [0.3, 0.4) is 0 Å². The third-order valence-electron chi connectivity index (χ3n) is 9.97. The number of anilines is 5. The molecule has 48 heavy (non-hydrogen) atoms. The molecule has 0 fully saturated rings. The molecule has 0 saturated carbocycles. The van der Waals surface area contributed by atoms with Gasteiger partial charge in [-0.05, 0) is 112 Å². The third kappa shape index (κ3) is 4.42. The van der Waals surface area contributed by atoms with Gasteiger partial charge >= 0.3 is 0 Å². The monoisotopic (exact) mass is 615 g/mol. The third-order valence-corrected chi connectivity index (χ3v) is 9.97. The topological polar surface area (TPSA) is 30.3 Å². The first-order chi connectivity index (χ1) is 23.6. The molecule has 0 amide bonds. The molecule has 1 aliphatic rings. The summed E-state index contributed by atoms with van der Waals surface area (Å²) in [5.41, 5.74) is 12.1. The Morgan fingerprint density at radius 2 is 1.25 bits per heavy atom. The number of rotatable bonds is 5. The Balaban J connectivity index is 1.30. The maximum atomic E-state index is 10.6. The smallest absolute Gasteiger partial charge is 0.101 e. The van der Waals surface area contributed by atoms with Crippen molar-refractivity contribution in [1.29, 1.82) is 5.26 Å². The number of aryl methyl sites for hydroxylation is 2. The van der Waals surface area contributed by atoms with Gasteiger partial charge in [0.1, 0.15) is 6.07 Å². The van der Waals surface area contributed by atoms with Crippen LogP contribution in [-0.4, -0.2) is 6.54 Å². The van der Waals surface area contributed by atoms with Gasteiger partial charge in [0.15, 0.2) is 0 Å². The van der Waals surface area contributed by atoms with E-state index >= 15 is 0 Å². The Labute approximate surface area is 280 Å². The zero-order valence-electron chi connectivity index (χ0n) is 27.0. The van der Waals surface area contributed by atoms with Crippen LogP contribution in [0.2, 0.25) is 0 Å². The predicted octanol–water partition coefficient (Wildman–Crippen LogP) is 11.9. The van der Waals surface area contributed by atoms with Gasteiger partial charge in [0.2, 0.25) is 0 Å². The van der Waals surface area contributed by atoms with Crippen LogP contribution >= 0.6 is 0 Å². The van der Waals surface area contributed by atoms with Crippen LogP contribution in [0, 0.1) is 25.2 Å². The first kappa shape index (κ1) is 28.1. The lowest BCUT2D eigenvalue weighted by Crippen LogP contribution is -2.14. The standard InChI is InChI=1S/C45H33N3/c1-29-24-30(2)26-37(25-29)48(41-19-16-35(27-36(41)28-46)31-8-4-3-5-9-31)43-21-15-34-12-17-38-42(47-23-22-32-10-6-7-11-40(32)47)20-14-33-13-18-39(43)45(34)44(33)38/h3-21,24-27H,22-23H2,1-2H3. The summed E-state index contributed by atoms with van der Waals surface area (Å²) in [5.74, 6) is 0. The molecule has 0 saturated heterocycles. The number of hydrogen-bond donors (Lipinski definition) is 0. The number of nitrogens with zero attached hydrogens (tertiary/aromatic N) is 3. The van der Waals surface area contributed by atoms with Crippen molar-refractivity contribution in [3.8, 4) is 17.2 Å². The molecule has 8 aromatic rings. The summed E-state index contributed by atoms with van der Waals surface area (Å²) in [7, 11) is 0. The van der Waals surface area contributed by atoms with Crippen LogP contribution < -0.4 is 9.80 Å². The largest absolute Gasteiger partial charge is 0.340 e. The zero-order chi connectivity index (χ0) is 32.4. The minimum absolute atomic E-state index is 0.635. The average Bonchev–Trinajstić information content (AvgIpc) is 3.55. The molecule has 228 valence electrons. The fourth-order valence-corrected chi connectivity index (χ4v) is 7.91. The number of benzene rings is 8. The molecule has 0 unspecified atom stereocenters. The molecule has 0 atom stereocenters. The quantitative estimate of drug-likeness (QED) is 0.180. The Hall–Kier alpha value is -6.11. The second-order valence-corrected chi connectivity index (χ2v) is 13.0. The highest BCUT2D eigenvalue weighted by Gasteiger charge is 2.25. The molecular formula is C45H33N3. The van der Waals surface area contributed by atoms with Gasteiger partial charge in [-0.3, -0.25) is 0 Å². The number of para-hydroxylation sites is 1. The highest BCUT2D eigenvalue weighted by atomic mass is 15.2. The van der Waals surface area contributed by atoms with Gasteiger partial charge in [0.25, 0.3) is 0 Å².